The Kier molecular flexibility index (Phi) is 4.97. The molecule has 2 aromatic rings. The summed E-state index contributed by atoms with van der Waals surface area (Å²) in [5, 5.41) is -1.66. The largest absolute Gasteiger partial charge is 0.457 e. The van der Waals surface area contributed by atoms with Crippen LogP contribution in [0.15, 0.2) is 54.6 Å². The highest BCUT2D eigenvalue weighted by atomic mass is 35.5. The molecule has 7 heteroatoms. The maximum absolute atomic E-state index is 13.3. The lowest BCUT2D eigenvalue weighted by atomic mass is 9.94. The van der Waals surface area contributed by atoms with E-state index >= 15 is 0 Å². The topological polar surface area (TPSA) is 35.5 Å². The number of ether oxygens (including phenoxy) is 2. The molecule has 1 unspecified atom stereocenters. The number of hydrogen-bond donors (Lipinski definition) is 0. The smallest absolute Gasteiger partial charge is 0.430 e. The van der Waals surface area contributed by atoms with Gasteiger partial charge in [0.05, 0.1) is 0 Å². The zero-order valence-corrected chi connectivity index (χ0v) is 12.7. The molecule has 0 amide bonds. The Morgan fingerprint density at radius 2 is 1.48 bits per heavy atom. The third-order valence-corrected chi connectivity index (χ3v) is 3.49. The van der Waals surface area contributed by atoms with Crippen LogP contribution < -0.4 is 4.74 Å². The number of methoxy groups -OCH3 is 1. The van der Waals surface area contributed by atoms with Crippen molar-refractivity contribution in [3.05, 3.63) is 60.2 Å². The van der Waals surface area contributed by atoms with Gasteiger partial charge in [0, 0.05) is 12.7 Å². The van der Waals surface area contributed by atoms with Crippen molar-refractivity contribution in [1.82, 2.24) is 0 Å². The summed E-state index contributed by atoms with van der Waals surface area (Å²) in [6.07, 6.45) is -5.00. The molecule has 23 heavy (non-hydrogen) atoms. The Bertz CT molecular complexity index is 671. The van der Waals surface area contributed by atoms with Crippen LogP contribution in [0.5, 0.6) is 11.5 Å². The normalized spacial score (nSPS) is 14.1. The Hall–Kier alpha value is -2.05. The number of para-hydroxylation sites is 1. The zero-order valence-electron chi connectivity index (χ0n) is 11.9. The summed E-state index contributed by atoms with van der Waals surface area (Å²) in [4.78, 5) is 11.4. The molecule has 2 aromatic carbocycles. The van der Waals surface area contributed by atoms with Crippen LogP contribution in [-0.4, -0.2) is 18.5 Å². The minimum absolute atomic E-state index is 0.314. The summed E-state index contributed by atoms with van der Waals surface area (Å²) in [6.45, 7) is 0. The molecule has 0 spiro atoms. The monoisotopic (exact) mass is 344 g/mol. The second kappa shape index (κ2) is 6.60. The molecule has 0 fully saturated rings. The van der Waals surface area contributed by atoms with Crippen molar-refractivity contribution in [1.29, 1.82) is 0 Å². The van der Waals surface area contributed by atoms with Crippen LogP contribution in [0, 0.1) is 0 Å². The highest BCUT2D eigenvalue weighted by Gasteiger charge is 2.62. The molecule has 3 nitrogen and oxygen atoms in total. The zero-order chi connectivity index (χ0) is 17.1. The van der Waals surface area contributed by atoms with Crippen LogP contribution in [0.1, 0.15) is 5.56 Å². The Morgan fingerprint density at radius 1 is 0.957 bits per heavy atom. The van der Waals surface area contributed by atoms with Gasteiger partial charge >= 0.3 is 6.18 Å². The first kappa shape index (κ1) is 17.3. The minimum Gasteiger partial charge on any atom is -0.457 e. The van der Waals surface area contributed by atoms with Crippen molar-refractivity contribution in [2.24, 2.45) is 0 Å². The average Bonchev–Trinajstić information content (AvgIpc) is 2.49. The van der Waals surface area contributed by atoms with Crippen LogP contribution in [0.25, 0.3) is 0 Å². The molecule has 2 rings (SSSR count). The first-order valence-electron chi connectivity index (χ1n) is 6.46. The molecule has 0 N–H and O–H groups in total. The number of hydrogen-bond acceptors (Lipinski definition) is 3. The van der Waals surface area contributed by atoms with Crippen molar-refractivity contribution >= 4 is 16.8 Å². The van der Waals surface area contributed by atoms with Crippen molar-refractivity contribution < 1.29 is 27.4 Å². The summed E-state index contributed by atoms with van der Waals surface area (Å²) in [5.41, 5.74) is -3.63. The summed E-state index contributed by atoms with van der Waals surface area (Å²) < 4.78 is 49.8. The van der Waals surface area contributed by atoms with Gasteiger partial charge < -0.3 is 9.47 Å². The fraction of sp³-hybridized carbons (Fsp3) is 0.188. The minimum atomic E-state index is -5.00. The van der Waals surface area contributed by atoms with Gasteiger partial charge in [0.15, 0.2) is 0 Å². The maximum atomic E-state index is 13.3. The van der Waals surface area contributed by atoms with Gasteiger partial charge in [-0.05, 0) is 35.9 Å². The van der Waals surface area contributed by atoms with E-state index in [1.54, 1.807) is 30.3 Å². The number of rotatable bonds is 5. The van der Waals surface area contributed by atoms with Gasteiger partial charge in [0.2, 0.25) is 0 Å². The Morgan fingerprint density at radius 3 is 1.91 bits per heavy atom. The first-order valence-corrected chi connectivity index (χ1v) is 6.84. The van der Waals surface area contributed by atoms with E-state index in [0.29, 0.717) is 11.5 Å². The molecule has 0 saturated carbocycles. The van der Waals surface area contributed by atoms with E-state index in [4.69, 9.17) is 16.3 Å². The van der Waals surface area contributed by atoms with Gasteiger partial charge in [-0.25, -0.2) is 0 Å². The van der Waals surface area contributed by atoms with Crippen LogP contribution in [-0.2, 0) is 15.1 Å². The molecule has 0 saturated heterocycles. The molecule has 0 aliphatic rings. The summed E-state index contributed by atoms with van der Waals surface area (Å²) in [5.74, 6) is 0.844. The number of alkyl halides is 3. The molecule has 122 valence electrons. The van der Waals surface area contributed by atoms with E-state index < -0.39 is 22.6 Å². The van der Waals surface area contributed by atoms with Crippen LogP contribution >= 0.6 is 11.6 Å². The Labute approximate surface area is 135 Å². The quantitative estimate of drug-likeness (QED) is 0.741. The van der Waals surface area contributed by atoms with E-state index in [9.17, 15) is 18.0 Å². The van der Waals surface area contributed by atoms with Crippen molar-refractivity contribution in [3.8, 4) is 11.5 Å². The molecule has 0 aliphatic heterocycles. The fourth-order valence-corrected chi connectivity index (χ4v) is 2.38. The lowest BCUT2D eigenvalue weighted by Crippen LogP contribution is -2.48. The number of carbonyl (C=O) groups is 1. The molecule has 0 aromatic heterocycles. The van der Waals surface area contributed by atoms with Gasteiger partial charge in [0.25, 0.3) is 10.8 Å². The number of carbonyl (C=O) groups excluding carboxylic acids is 1. The summed E-state index contributed by atoms with van der Waals surface area (Å²) >= 11 is 5.17. The third kappa shape index (κ3) is 3.33. The van der Waals surface area contributed by atoms with Gasteiger partial charge in [-0.3, -0.25) is 4.79 Å². The van der Waals surface area contributed by atoms with Gasteiger partial charge in [0.1, 0.15) is 11.5 Å². The maximum Gasteiger partial charge on any atom is 0.430 e. The van der Waals surface area contributed by atoms with E-state index in [2.05, 4.69) is 4.74 Å². The Balaban J connectivity index is 2.35. The van der Waals surface area contributed by atoms with Crippen molar-refractivity contribution in [2.75, 3.05) is 7.11 Å². The molecule has 0 radical (unpaired) electrons. The standard InChI is InChI=1S/C16H12ClF3O3/c1-22-15(14(17)21,16(18,19)20)11-7-9-13(10-8-11)23-12-5-3-2-4-6-12/h2-10H,1H3. The highest BCUT2D eigenvalue weighted by Crippen LogP contribution is 2.44. The summed E-state index contributed by atoms with van der Waals surface area (Å²) in [6, 6.07) is 13.5. The molecular formula is C16H12ClF3O3. The lowest BCUT2D eigenvalue weighted by Gasteiger charge is -2.31. The second-order valence-corrected chi connectivity index (χ2v) is 4.94. The fourth-order valence-electron chi connectivity index (χ4n) is 2.08. The van der Waals surface area contributed by atoms with Crippen LogP contribution in [0.3, 0.4) is 0 Å². The molecule has 0 heterocycles. The molecular weight excluding hydrogens is 333 g/mol. The predicted octanol–water partition coefficient (Wildman–Crippen LogP) is 4.65. The van der Waals surface area contributed by atoms with Gasteiger partial charge in [-0.2, -0.15) is 13.2 Å². The third-order valence-electron chi connectivity index (χ3n) is 3.22. The summed E-state index contributed by atoms with van der Waals surface area (Å²) in [7, 11) is 0.780. The number of halogens is 4. The predicted molar refractivity (Wildman–Crippen MR) is 78.6 cm³/mol. The first-order chi connectivity index (χ1) is 10.8. The van der Waals surface area contributed by atoms with Crippen LogP contribution in [0.4, 0.5) is 13.2 Å². The van der Waals surface area contributed by atoms with Gasteiger partial charge in [-0.15, -0.1) is 0 Å². The number of benzene rings is 2. The van der Waals surface area contributed by atoms with Crippen LogP contribution in [0.2, 0.25) is 0 Å². The van der Waals surface area contributed by atoms with Crippen molar-refractivity contribution in [3.63, 3.8) is 0 Å². The van der Waals surface area contributed by atoms with Gasteiger partial charge in [-0.1, -0.05) is 30.3 Å². The van der Waals surface area contributed by atoms with Crippen molar-refractivity contribution in [2.45, 2.75) is 11.8 Å². The molecule has 0 bridgehead atoms. The van der Waals surface area contributed by atoms with E-state index in [-0.39, 0.29) is 0 Å². The lowest BCUT2D eigenvalue weighted by molar-refractivity contribution is -0.260. The molecule has 1 atom stereocenters. The second-order valence-electron chi connectivity index (χ2n) is 4.60. The average molecular weight is 345 g/mol. The highest BCUT2D eigenvalue weighted by molar-refractivity contribution is 6.65. The van der Waals surface area contributed by atoms with E-state index in [0.717, 1.165) is 19.2 Å². The molecule has 0 aliphatic carbocycles. The van der Waals surface area contributed by atoms with E-state index in [1.165, 1.54) is 12.1 Å². The van der Waals surface area contributed by atoms with E-state index in [1.807, 2.05) is 0 Å². The SMILES string of the molecule is COC(C(=O)Cl)(c1ccc(Oc2ccccc2)cc1)C(F)(F)F.